The van der Waals surface area contributed by atoms with E-state index in [9.17, 15) is 0 Å². The van der Waals surface area contributed by atoms with Crippen molar-refractivity contribution in [2.75, 3.05) is 12.8 Å². The molecule has 2 rings (SSSR count). The molecule has 62 valence electrons. The van der Waals surface area contributed by atoms with Gasteiger partial charge in [-0.25, -0.2) is 0 Å². The van der Waals surface area contributed by atoms with Crippen molar-refractivity contribution in [3.05, 3.63) is 18.2 Å². The number of nitrogen functional groups attached to an aromatic ring is 1. The summed E-state index contributed by atoms with van der Waals surface area (Å²) in [5.41, 5.74) is 6.37. The monoisotopic (exact) mass is 180 g/mol. The Hall–Kier alpha value is -1.29. The van der Waals surface area contributed by atoms with Gasteiger partial charge in [0.05, 0.1) is 17.2 Å². The molecule has 0 bridgehead atoms. The van der Waals surface area contributed by atoms with Gasteiger partial charge in [0.25, 0.3) is 0 Å². The van der Waals surface area contributed by atoms with Crippen molar-refractivity contribution < 1.29 is 4.74 Å². The number of aromatic nitrogens is 1. The molecule has 0 atom stereocenters. The molecule has 0 spiro atoms. The fraction of sp³-hybridized carbons (Fsp3) is 0.125. The molecule has 4 heteroatoms. The Kier molecular flexibility index (Phi) is 1.62. The predicted octanol–water partition coefficient (Wildman–Crippen LogP) is 1.89. The van der Waals surface area contributed by atoms with Crippen LogP contribution in [0.5, 0.6) is 5.88 Å². The highest BCUT2D eigenvalue weighted by Crippen LogP contribution is 2.29. The van der Waals surface area contributed by atoms with E-state index in [-0.39, 0.29) is 0 Å². The zero-order valence-electron chi connectivity index (χ0n) is 6.57. The first-order valence-electron chi connectivity index (χ1n) is 3.50. The fourth-order valence-corrected chi connectivity index (χ4v) is 1.87. The van der Waals surface area contributed by atoms with Gasteiger partial charge in [-0.3, -0.25) is 0 Å². The van der Waals surface area contributed by atoms with E-state index in [2.05, 4.69) is 4.37 Å². The van der Waals surface area contributed by atoms with Crippen molar-refractivity contribution in [2.45, 2.75) is 0 Å². The predicted molar refractivity (Wildman–Crippen MR) is 50.6 cm³/mol. The van der Waals surface area contributed by atoms with E-state index in [0.29, 0.717) is 5.88 Å². The van der Waals surface area contributed by atoms with Gasteiger partial charge in [-0.1, -0.05) is 0 Å². The van der Waals surface area contributed by atoms with Crippen LogP contribution in [0.25, 0.3) is 10.1 Å². The van der Waals surface area contributed by atoms with Gasteiger partial charge in [0.2, 0.25) is 5.88 Å². The van der Waals surface area contributed by atoms with Gasteiger partial charge in [-0.05, 0) is 29.7 Å². The number of methoxy groups -OCH3 is 1. The summed E-state index contributed by atoms with van der Waals surface area (Å²) in [7, 11) is 1.62. The average Bonchev–Trinajstić information content (AvgIpc) is 2.46. The number of hydrogen-bond donors (Lipinski definition) is 1. The van der Waals surface area contributed by atoms with Gasteiger partial charge in [-0.15, -0.1) is 0 Å². The molecule has 0 amide bonds. The minimum absolute atomic E-state index is 0.676. The van der Waals surface area contributed by atoms with Gasteiger partial charge in [-0.2, -0.15) is 4.37 Å². The minimum atomic E-state index is 0.676. The summed E-state index contributed by atoms with van der Waals surface area (Å²) in [4.78, 5) is 0. The molecule has 0 aliphatic carbocycles. The Morgan fingerprint density at radius 1 is 1.50 bits per heavy atom. The highest BCUT2D eigenvalue weighted by Gasteiger charge is 2.04. The van der Waals surface area contributed by atoms with Gasteiger partial charge < -0.3 is 10.5 Å². The third-order valence-corrected chi connectivity index (χ3v) is 2.45. The first-order chi connectivity index (χ1) is 5.81. The van der Waals surface area contributed by atoms with Crippen molar-refractivity contribution in [2.24, 2.45) is 0 Å². The lowest BCUT2D eigenvalue weighted by Gasteiger charge is -1.94. The second-order valence-corrected chi connectivity index (χ2v) is 3.25. The number of ether oxygens (including phenoxy) is 1. The Bertz CT molecular complexity index is 410. The molecule has 0 aliphatic rings. The van der Waals surface area contributed by atoms with Crippen molar-refractivity contribution in [1.29, 1.82) is 0 Å². The molecule has 0 saturated carbocycles. The SMILES string of the molecule is COc1nsc2cc(N)ccc12. The number of hydrogen-bond acceptors (Lipinski definition) is 4. The van der Waals surface area contributed by atoms with Crippen LogP contribution in [0.4, 0.5) is 5.69 Å². The van der Waals surface area contributed by atoms with Crippen LogP contribution in [-0.2, 0) is 0 Å². The molecule has 1 aromatic heterocycles. The molecule has 12 heavy (non-hydrogen) atoms. The van der Waals surface area contributed by atoms with Crippen molar-refractivity contribution >= 4 is 27.3 Å². The third-order valence-electron chi connectivity index (χ3n) is 1.66. The summed E-state index contributed by atoms with van der Waals surface area (Å²) in [5, 5.41) is 1.02. The zero-order chi connectivity index (χ0) is 8.55. The van der Waals surface area contributed by atoms with E-state index < -0.39 is 0 Å². The second-order valence-electron chi connectivity index (χ2n) is 2.45. The van der Waals surface area contributed by atoms with Gasteiger partial charge in [0.15, 0.2) is 0 Å². The van der Waals surface area contributed by atoms with Crippen LogP contribution in [0, 0.1) is 0 Å². The van der Waals surface area contributed by atoms with Crippen LogP contribution in [0.3, 0.4) is 0 Å². The van der Waals surface area contributed by atoms with Crippen LogP contribution in [0.15, 0.2) is 18.2 Å². The molecule has 0 fully saturated rings. The Morgan fingerprint density at radius 3 is 3.08 bits per heavy atom. The smallest absolute Gasteiger partial charge is 0.232 e. The number of anilines is 1. The zero-order valence-corrected chi connectivity index (χ0v) is 7.39. The van der Waals surface area contributed by atoms with E-state index in [1.165, 1.54) is 11.5 Å². The van der Waals surface area contributed by atoms with Crippen molar-refractivity contribution in [3.8, 4) is 5.88 Å². The largest absolute Gasteiger partial charge is 0.480 e. The van der Waals surface area contributed by atoms with Gasteiger partial charge in [0, 0.05) is 5.69 Å². The Labute approximate surface area is 73.9 Å². The molecule has 1 heterocycles. The van der Waals surface area contributed by atoms with Crippen LogP contribution in [-0.4, -0.2) is 11.5 Å². The first kappa shape index (κ1) is 7.36. The summed E-state index contributed by atoms with van der Waals surface area (Å²) in [6.07, 6.45) is 0. The molecule has 0 unspecified atom stereocenters. The quantitative estimate of drug-likeness (QED) is 0.682. The van der Waals surface area contributed by atoms with Crippen LogP contribution in [0.2, 0.25) is 0 Å². The normalized spacial score (nSPS) is 10.4. The van der Waals surface area contributed by atoms with Crippen LogP contribution >= 0.6 is 11.5 Å². The van der Waals surface area contributed by atoms with Crippen LogP contribution < -0.4 is 10.5 Å². The highest BCUT2D eigenvalue weighted by molar-refractivity contribution is 7.13. The molecule has 0 radical (unpaired) electrons. The number of nitrogens with two attached hydrogens (primary N) is 1. The highest BCUT2D eigenvalue weighted by atomic mass is 32.1. The van der Waals surface area contributed by atoms with Crippen molar-refractivity contribution in [3.63, 3.8) is 0 Å². The Morgan fingerprint density at radius 2 is 2.33 bits per heavy atom. The lowest BCUT2D eigenvalue weighted by molar-refractivity contribution is 0.407. The maximum Gasteiger partial charge on any atom is 0.232 e. The van der Waals surface area contributed by atoms with E-state index in [1.807, 2.05) is 18.2 Å². The van der Waals surface area contributed by atoms with Gasteiger partial charge >= 0.3 is 0 Å². The van der Waals surface area contributed by atoms with E-state index >= 15 is 0 Å². The van der Waals surface area contributed by atoms with E-state index in [0.717, 1.165) is 15.8 Å². The third kappa shape index (κ3) is 1.00. The lowest BCUT2D eigenvalue weighted by atomic mass is 10.2. The number of benzene rings is 1. The molecule has 2 aromatic rings. The molecule has 0 saturated heterocycles. The van der Waals surface area contributed by atoms with E-state index in [4.69, 9.17) is 10.5 Å². The number of fused-ring (bicyclic) bond motifs is 1. The van der Waals surface area contributed by atoms with Gasteiger partial charge in [0.1, 0.15) is 0 Å². The Balaban J connectivity index is 2.73. The molecular formula is C8H8N2OS. The lowest BCUT2D eigenvalue weighted by Crippen LogP contribution is -1.83. The molecule has 2 N–H and O–H groups in total. The standard InChI is InChI=1S/C8H8N2OS/c1-11-8-6-3-2-5(9)4-7(6)12-10-8/h2-4H,9H2,1H3. The summed E-state index contributed by atoms with van der Waals surface area (Å²) in [5.74, 6) is 0.676. The molecular weight excluding hydrogens is 172 g/mol. The number of nitrogens with zero attached hydrogens (tertiary/aromatic N) is 1. The minimum Gasteiger partial charge on any atom is -0.480 e. The maximum absolute atomic E-state index is 5.61. The molecule has 3 nitrogen and oxygen atoms in total. The van der Waals surface area contributed by atoms with Crippen molar-refractivity contribution in [1.82, 2.24) is 4.37 Å². The number of rotatable bonds is 1. The molecule has 1 aromatic carbocycles. The molecule has 0 aliphatic heterocycles. The van der Waals surface area contributed by atoms with E-state index in [1.54, 1.807) is 7.11 Å². The van der Waals surface area contributed by atoms with Crippen LogP contribution in [0.1, 0.15) is 0 Å². The first-order valence-corrected chi connectivity index (χ1v) is 4.27. The average molecular weight is 180 g/mol. The second kappa shape index (κ2) is 2.64. The summed E-state index contributed by atoms with van der Waals surface area (Å²) >= 11 is 1.40. The summed E-state index contributed by atoms with van der Waals surface area (Å²) in [6.45, 7) is 0. The summed E-state index contributed by atoms with van der Waals surface area (Å²) < 4.78 is 10.2. The maximum atomic E-state index is 5.61. The fourth-order valence-electron chi connectivity index (χ4n) is 1.08. The topological polar surface area (TPSA) is 48.1 Å². The summed E-state index contributed by atoms with van der Waals surface area (Å²) in [6, 6.07) is 5.67.